The van der Waals surface area contributed by atoms with Crippen molar-refractivity contribution in [2.75, 3.05) is 19.6 Å². The molecule has 34 heavy (non-hydrogen) atoms. The summed E-state index contributed by atoms with van der Waals surface area (Å²) in [6.45, 7) is 7.46. The van der Waals surface area contributed by atoms with Crippen molar-refractivity contribution in [3.8, 4) is 0 Å². The van der Waals surface area contributed by atoms with Gasteiger partial charge in [-0.15, -0.1) is 0 Å². The number of nitrogens with zero attached hydrogens (tertiary/aromatic N) is 3. The second-order valence-electron chi connectivity index (χ2n) is 10.1. The van der Waals surface area contributed by atoms with Crippen molar-refractivity contribution in [1.29, 1.82) is 0 Å². The quantitative estimate of drug-likeness (QED) is 0.684. The van der Waals surface area contributed by atoms with Crippen molar-refractivity contribution < 1.29 is 24.0 Å². The standard InChI is InChI=1S/C24H35N5O5/c1-24(2,3)34-23(32)27-13-11-18(12-14-27)25-21(30)26-20-10-9-19-15-28(20)22(31)29(19)33-16-17-7-5-4-6-8-17/h4-8,18-20H,9-16H2,1-3H3,(H2,25,26,30)/t19-,20+/m1/s1. The van der Waals surface area contributed by atoms with Gasteiger partial charge in [-0.05, 0) is 52.0 Å². The lowest BCUT2D eigenvalue weighted by molar-refractivity contribution is -0.140. The molecule has 0 aromatic heterocycles. The Balaban J connectivity index is 1.22. The van der Waals surface area contributed by atoms with E-state index in [0.717, 1.165) is 12.0 Å². The number of carbonyl (C=O) groups excluding carboxylic acids is 3. The number of carbonyl (C=O) groups is 3. The molecule has 2 N–H and O–H groups in total. The zero-order valence-corrected chi connectivity index (χ0v) is 20.2. The van der Waals surface area contributed by atoms with Crippen LogP contribution in [0.25, 0.3) is 0 Å². The Morgan fingerprint density at radius 3 is 2.41 bits per heavy atom. The monoisotopic (exact) mass is 473 g/mol. The molecule has 0 spiro atoms. The third-order valence-corrected chi connectivity index (χ3v) is 6.32. The normalized spacial score (nSPS) is 23.1. The van der Waals surface area contributed by atoms with Gasteiger partial charge in [0.1, 0.15) is 18.4 Å². The second-order valence-corrected chi connectivity index (χ2v) is 10.1. The van der Waals surface area contributed by atoms with Crippen LogP contribution in [-0.4, -0.2) is 76.5 Å². The largest absolute Gasteiger partial charge is 0.444 e. The number of amides is 5. The lowest BCUT2D eigenvalue weighted by atomic mass is 10.1. The van der Waals surface area contributed by atoms with E-state index in [4.69, 9.17) is 9.57 Å². The van der Waals surface area contributed by atoms with Crippen molar-refractivity contribution in [3.05, 3.63) is 35.9 Å². The van der Waals surface area contributed by atoms with E-state index in [0.29, 0.717) is 45.5 Å². The molecule has 4 rings (SSSR count). The minimum Gasteiger partial charge on any atom is -0.444 e. The third kappa shape index (κ3) is 5.91. The number of nitrogens with one attached hydrogen (secondary N) is 2. The van der Waals surface area contributed by atoms with Gasteiger partial charge in [-0.25, -0.2) is 14.4 Å². The number of hydrogen-bond donors (Lipinski definition) is 2. The molecule has 0 saturated carbocycles. The SMILES string of the molecule is CC(C)(C)OC(=O)N1CCC(NC(=O)N[C@@H]2CC[C@@H]3CN2C(=O)N3OCc2ccccc2)CC1. The fourth-order valence-corrected chi connectivity index (χ4v) is 4.58. The van der Waals surface area contributed by atoms with Crippen molar-refractivity contribution in [2.45, 2.75) is 76.9 Å². The Morgan fingerprint density at radius 2 is 1.74 bits per heavy atom. The van der Waals surface area contributed by atoms with Gasteiger partial charge < -0.3 is 25.2 Å². The summed E-state index contributed by atoms with van der Waals surface area (Å²) in [5.41, 5.74) is 0.471. The van der Waals surface area contributed by atoms with Crippen LogP contribution in [0.2, 0.25) is 0 Å². The summed E-state index contributed by atoms with van der Waals surface area (Å²) < 4.78 is 5.42. The molecule has 10 nitrogen and oxygen atoms in total. The molecule has 3 fully saturated rings. The van der Waals surface area contributed by atoms with E-state index in [1.54, 1.807) is 9.80 Å². The van der Waals surface area contributed by atoms with Crippen molar-refractivity contribution >= 4 is 18.2 Å². The molecule has 1 aromatic carbocycles. The molecule has 10 heteroatoms. The van der Waals surface area contributed by atoms with Gasteiger partial charge in [0.15, 0.2) is 0 Å². The van der Waals surface area contributed by atoms with E-state index in [-0.39, 0.29) is 36.4 Å². The number of hydrogen-bond acceptors (Lipinski definition) is 5. The summed E-state index contributed by atoms with van der Waals surface area (Å²) in [6.07, 6.45) is 2.06. The van der Waals surface area contributed by atoms with Gasteiger partial charge in [0.2, 0.25) is 0 Å². The van der Waals surface area contributed by atoms with Crippen LogP contribution in [0.15, 0.2) is 30.3 Å². The van der Waals surface area contributed by atoms with Gasteiger partial charge in [0.25, 0.3) is 0 Å². The highest BCUT2D eigenvalue weighted by Crippen LogP contribution is 2.29. The fraction of sp³-hybridized carbons (Fsp3) is 0.625. The first-order chi connectivity index (χ1) is 16.2. The topological polar surface area (TPSA) is 103 Å². The molecule has 0 unspecified atom stereocenters. The lowest BCUT2D eigenvalue weighted by Crippen LogP contribution is -2.56. The average molecular weight is 474 g/mol. The van der Waals surface area contributed by atoms with Gasteiger partial charge in [-0.2, -0.15) is 5.06 Å². The minimum atomic E-state index is -0.528. The van der Waals surface area contributed by atoms with Crippen LogP contribution in [-0.2, 0) is 16.2 Å². The number of rotatable bonds is 5. The Labute approximate surface area is 200 Å². The average Bonchev–Trinajstić information content (AvgIpc) is 3.04. The van der Waals surface area contributed by atoms with E-state index in [9.17, 15) is 14.4 Å². The number of benzene rings is 1. The molecule has 3 aliphatic heterocycles. The Kier molecular flexibility index (Phi) is 7.16. The van der Waals surface area contributed by atoms with E-state index in [1.807, 2.05) is 51.1 Å². The Bertz CT molecular complexity index is 881. The molecule has 1 aromatic rings. The van der Waals surface area contributed by atoms with Crippen molar-refractivity contribution in [1.82, 2.24) is 25.5 Å². The lowest BCUT2D eigenvalue weighted by Gasteiger charge is -2.35. The van der Waals surface area contributed by atoms with E-state index >= 15 is 0 Å². The zero-order valence-electron chi connectivity index (χ0n) is 20.2. The van der Waals surface area contributed by atoms with Crippen LogP contribution in [0.3, 0.4) is 0 Å². The number of fused-ring (bicyclic) bond motifs is 2. The highest BCUT2D eigenvalue weighted by Gasteiger charge is 2.46. The van der Waals surface area contributed by atoms with Gasteiger partial charge in [0, 0.05) is 25.7 Å². The minimum absolute atomic E-state index is 0.00509. The van der Waals surface area contributed by atoms with Crippen LogP contribution < -0.4 is 10.6 Å². The molecule has 3 saturated heterocycles. The molecule has 2 bridgehead atoms. The summed E-state index contributed by atoms with van der Waals surface area (Å²) in [7, 11) is 0. The first-order valence-corrected chi connectivity index (χ1v) is 12.0. The summed E-state index contributed by atoms with van der Waals surface area (Å²) in [6, 6.07) is 9.18. The molecule has 3 heterocycles. The van der Waals surface area contributed by atoms with Crippen LogP contribution >= 0.6 is 0 Å². The number of urea groups is 2. The van der Waals surface area contributed by atoms with Crippen LogP contribution in [0, 0.1) is 0 Å². The number of hydroxylamine groups is 2. The summed E-state index contributed by atoms with van der Waals surface area (Å²) in [5, 5.41) is 7.40. The predicted octanol–water partition coefficient (Wildman–Crippen LogP) is 3.04. The highest BCUT2D eigenvalue weighted by atomic mass is 16.7. The smallest absolute Gasteiger partial charge is 0.410 e. The number of ether oxygens (including phenoxy) is 1. The van der Waals surface area contributed by atoms with Gasteiger partial charge in [0.05, 0.1) is 6.04 Å². The van der Waals surface area contributed by atoms with Gasteiger partial charge in [-0.3, -0.25) is 4.84 Å². The maximum absolute atomic E-state index is 12.9. The maximum atomic E-state index is 12.9. The molecule has 186 valence electrons. The third-order valence-electron chi connectivity index (χ3n) is 6.32. The number of likely N-dealkylation sites (tertiary alicyclic amines) is 1. The molecular weight excluding hydrogens is 438 g/mol. The summed E-state index contributed by atoms with van der Waals surface area (Å²) in [5.74, 6) is 0. The molecule has 5 amide bonds. The molecule has 2 atom stereocenters. The Hall–Kier alpha value is -3.01. The predicted molar refractivity (Wildman–Crippen MR) is 124 cm³/mol. The summed E-state index contributed by atoms with van der Waals surface area (Å²) >= 11 is 0. The van der Waals surface area contributed by atoms with Gasteiger partial charge >= 0.3 is 18.2 Å². The van der Waals surface area contributed by atoms with E-state index in [2.05, 4.69) is 10.6 Å². The molecular formula is C24H35N5O5. The second kappa shape index (κ2) is 10.1. The van der Waals surface area contributed by atoms with E-state index < -0.39 is 5.60 Å². The van der Waals surface area contributed by atoms with Gasteiger partial charge in [-0.1, -0.05) is 30.3 Å². The van der Waals surface area contributed by atoms with E-state index in [1.165, 1.54) is 5.06 Å². The number of piperidine rings is 2. The van der Waals surface area contributed by atoms with Crippen molar-refractivity contribution in [3.63, 3.8) is 0 Å². The molecule has 0 radical (unpaired) electrons. The first kappa shape index (κ1) is 24.1. The fourth-order valence-electron chi connectivity index (χ4n) is 4.58. The van der Waals surface area contributed by atoms with Crippen LogP contribution in [0.1, 0.15) is 52.0 Å². The van der Waals surface area contributed by atoms with Crippen LogP contribution in [0.5, 0.6) is 0 Å². The zero-order chi connectivity index (χ0) is 24.3. The van der Waals surface area contributed by atoms with Crippen LogP contribution in [0.4, 0.5) is 14.4 Å². The first-order valence-electron chi connectivity index (χ1n) is 12.0. The van der Waals surface area contributed by atoms with Crippen molar-refractivity contribution in [2.24, 2.45) is 0 Å². The Morgan fingerprint density at radius 1 is 1.03 bits per heavy atom. The molecule has 0 aliphatic carbocycles. The molecule has 3 aliphatic rings. The summed E-state index contributed by atoms with van der Waals surface area (Å²) in [4.78, 5) is 46.9. The highest BCUT2D eigenvalue weighted by molar-refractivity contribution is 5.79. The maximum Gasteiger partial charge on any atom is 0.410 e.